The number of hydrogen-bond donors (Lipinski definition) is 2. The molecule has 0 aromatic heterocycles. The molecule has 1 aliphatic rings. The van der Waals surface area contributed by atoms with Crippen LogP contribution >= 0.6 is 0 Å². The first-order chi connectivity index (χ1) is 17.5. The van der Waals surface area contributed by atoms with Crippen molar-refractivity contribution in [2.45, 2.75) is 58.1 Å². The van der Waals surface area contributed by atoms with Crippen molar-refractivity contribution in [1.82, 2.24) is 10.2 Å². The maximum Gasteiger partial charge on any atom is 0.412 e. The van der Waals surface area contributed by atoms with Crippen LogP contribution < -0.4 is 20.1 Å². The van der Waals surface area contributed by atoms with E-state index in [9.17, 15) is 14.0 Å². The molecule has 0 radical (unpaired) electrons. The summed E-state index contributed by atoms with van der Waals surface area (Å²) in [6, 6.07) is 10.9. The molecule has 0 bridgehead atoms. The number of halogens is 1. The predicted molar refractivity (Wildman–Crippen MR) is 141 cm³/mol. The zero-order valence-electron chi connectivity index (χ0n) is 22.4. The molecule has 1 aliphatic heterocycles. The van der Waals surface area contributed by atoms with E-state index >= 15 is 0 Å². The smallest absolute Gasteiger partial charge is 0.412 e. The lowest BCUT2D eigenvalue weighted by molar-refractivity contribution is 0.0635. The number of methoxy groups -OCH3 is 1. The SMILES string of the molecule is COc1cc(NC(=O)OC(C)(C)C)ccc1C(=O)NC1(C)CCN(CCCOc2ccc(F)cc2)CC1. The lowest BCUT2D eigenvalue weighted by Crippen LogP contribution is -2.53. The summed E-state index contributed by atoms with van der Waals surface area (Å²) in [5, 5.41) is 5.84. The zero-order chi connectivity index (χ0) is 27.1. The highest BCUT2D eigenvalue weighted by Gasteiger charge is 2.32. The highest BCUT2D eigenvalue weighted by molar-refractivity contribution is 5.98. The van der Waals surface area contributed by atoms with Crippen molar-refractivity contribution in [3.63, 3.8) is 0 Å². The van der Waals surface area contributed by atoms with Crippen LogP contribution in [0.3, 0.4) is 0 Å². The molecular weight excluding hydrogens is 477 g/mol. The third-order valence-corrected chi connectivity index (χ3v) is 6.17. The first-order valence-corrected chi connectivity index (χ1v) is 12.6. The van der Waals surface area contributed by atoms with Gasteiger partial charge in [0.2, 0.25) is 0 Å². The molecule has 9 heteroatoms. The van der Waals surface area contributed by atoms with Gasteiger partial charge in [0.15, 0.2) is 0 Å². The van der Waals surface area contributed by atoms with Crippen molar-refractivity contribution in [1.29, 1.82) is 0 Å². The van der Waals surface area contributed by atoms with Crippen LogP contribution in [0.2, 0.25) is 0 Å². The minimum atomic E-state index is -0.614. The van der Waals surface area contributed by atoms with Crippen molar-refractivity contribution < 1.29 is 28.2 Å². The maximum absolute atomic E-state index is 13.1. The zero-order valence-corrected chi connectivity index (χ0v) is 22.4. The second-order valence-corrected chi connectivity index (χ2v) is 10.6. The van der Waals surface area contributed by atoms with Gasteiger partial charge in [-0.15, -0.1) is 0 Å². The van der Waals surface area contributed by atoms with Crippen molar-refractivity contribution >= 4 is 17.7 Å². The summed E-state index contributed by atoms with van der Waals surface area (Å²) in [4.78, 5) is 27.5. The highest BCUT2D eigenvalue weighted by Crippen LogP contribution is 2.27. The van der Waals surface area contributed by atoms with Gasteiger partial charge in [-0.05, 0) is 83.4 Å². The number of nitrogens with one attached hydrogen (secondary N) is 2. The van der Waals surface area contributed by atoms with Crippen molar-refractivity contribution in [2.75, 3.05) is 38.7 Å². The molecular formula is C28H38FN3O5. The van der Waals surface area contributed by atoms with Gasteiger partial charge in [-0.3, -0.25) is 10.1 Å². The van der Waals surface area contributed by atoms with E-state index in [0.717, 1.165) is 38.9 Å². The van der Waals surface area contributed by atoms with E-state index in [1.807, 2.05) is 0 Å². The standard InChI is InChI=1S/C28H38FN3O5/c1-27(2,3)37-26(34)30-21-9-12-23(24(19-21)35-5)25(33)31-28(4)13-16-32(17-14-28)15-6-18-36-22-10-7-20(29)8-11-22/h7-12,19H,6,13-18H2,1-5H3,(H,30,34)(H,31,33). The van der Waals surface area contributed by atoms with Crippen molar-refractivity contribution in [2.24, 2.45) is 0 Å². The molecule has 8 nitrogen and oxygen atoms in total. The van der Waals surface area contributed by atoms with E-state index < -0.39 is 11.7 Å². The Balaban J connectivity index is 1.47. The molecule has 1 fully saturated rings. The third kappa shape index (κ3) is 8.93. The quantitative estimate of drug-likeness (QED) is 0.445. The number of nitrogens with zero attached hydrogens (tertiary/aromatic N) is 1. The number of rotatable bonds is 9. The van der Waals surface area contributed by atoms with Crippen molar-refractivity contribution in [3.8, 4) is 11.5 Å². The maximum atomic E-state index is 13.1. The highest BCUT2D eigenvalue weighted by atomic mass is 19.1. The van der Waals surface area contributed by atoms with Crippen LogP contribution in [-0.2, 0) is 4.74 Å². The Morgan fingerprint density at radius 3 is 2.38 bits per heavy atom. The van der Waals surface area contributed by atoms with Gasteiger partial charge in [0.25, 0.3) is 5.91 Å². The van der Waals surface area contributed by atoms with Crippen molar-refractivity contribution in [3.05, 3.63) is 53.8 Å². The minimum absolute atomic E-state index is 0.218. The Hall–Kier alpha value is -3.33. The van der Waals surface area contributed by atoms with Gasteiger partial charge in [0.1, 0.15) is 22.9 Å². The number of piperidine rings is 1. The van der Waals surface area contributed by atoms with Crippen LogP contribution in [0.1, 0.15) is 57.3 Å². The number of carbonyl (C=O) groups is 2. The summed E-state index contributed by atoms with van der Waals surface area (Å²) in [7, 11) is 1.49. The molecule has 1 saturated heterocycles. The fourth-order valence-electron chi connectivity index (χ4n) is 4.12. The molecule has 2 aromatic rings. The topological polar surface area (TPSA) is 89.1 Å². The van der Waals surface area contributed by atoms with Gasteiger partial charge >= 0.3 is 6.09 Å². The van der Waals surface area contributed by atoms with Crippen LogP contribution in [0.4, 0.5) is 14.9 Å². The second kappa shape index (κ2) is 12.3. The van der Waals surface area contributed by atoms with E-state index in [4.69, 9.17) is 14.2 Å². The lowest BCUT2D eigenvalue weighted by atomic mass is 9.89. The number of ether oxygens (including phenoxy) is 3. The lowest BCUT2D eigenvalue weighted by Gasteiger charge is -2.40. The van der Waals surface area contributed by atoms with Gasteiger partial charge in [0, 0.05) is 36.9 Å². The molecule has 0 atom stereocenters. The van der Waals surface area contributed by atoms with E-state index in [-0.39, 0.29) is 17.3 Å². The first kappa shape index (κ1) is 28.2. The van der Waals surface area contributed by atoms with Gasteiger partial charge in [-0.1, -0.05) is 0 Å². The monoisotopic (exact) mass is 515 g/mol. The number of amides is 2. The summed E-state index contributed by atoms with van der Waals surface area (Å²) in [5.41, 5.74) is -0.0719. The van der Waals surface area contributed by atoms with Crippen LogP contribution in [0, 0.1) is 5.82 Å². The molecule has 0 unspecified atom stereocenters. The summed E-state index contributed by atoms with van der Waals surface area (Å²) in [5.74, 6) is 0.540. The van der Waals surface area contributed by atoms with E-state index in [2.05, 4.69) is 22.5 Å². The van der Waals surface area contributed by atoms with Gasteiger partial charge < -0.3 is 24.4 Å². The van der Waals surface area contributed by atoms with E-state index in [0.29, 0.717) is 29.4 Å². The number of carbonyl (C=O) groups excluding carboxylic acids is 2. The number of likely N-dealkylation sites (tertiary alicyclic amines) is 1. The molecule has 2 aromatic carbocycles. The van der Waals surface area contributed by atoms with Gasteiger partial charge in [0.05, 0.1) is 19.3 Å². The Bertz CT molecular complexity index is 1060. The van der Waals surface area contributed by atoms with Crippen LogP contribution in [-0.4, -0.2) is 61.4 Å². The Labute approximate surface area is 218 Å². The fraction of sp³-hybridized carbons (Fsp3) is 0.500. The second-order valence-electron chi connectivity index (χ2n) is 10.6. The van der Waals surface area contributed by atoms with E-state index in [1.54, 1.807) is 51.1 Å². The number of anilines is 1. The van der Waals surface area contributed by atoms with Crippen LogP contribution in [0.5, 0.6) is 11.5 Å². The Kier molecular flexibility index (Phi) is 9.37. The molecule has 202 valence electrons. The third-order valence-electron chi connectivity index (χ3n) is 6.17. The molecule has 37 heavy (non-hydrogen) atoms. The molecule has 2 amide bonds. The minimum Gasteiger partial charge on any atom is -0.496 e. The average Bonchev–Trinajstić information content (AvgIpc) is 2.82. The van der Waals surface area contributed by atoms with E-state index in [1.165, 1.54) is 19.2 Å². The fourth-order valence-corrected chi connectivity index (χ4v) is 4.12. The van der Waals surface area contributed by atoms with Gasteiger partial charge in [-0.2, -0.15) is 0 Å². The first-order valence-electron chi connectivity index (χ1n) is 12.6. The Morgan fingerprint density at radius 2 is 1.76 bits per heavy atom. The van der Waals surface area contributed by atoms with Gasteiger partial charge in [-0.25, -0.2) is 9.18 Å². The molecule has 3 rings (SSSR count). The van der Waals surface area contributed by atoms with Crippen LogP contribution in [0.25, 0.3) is 0 Å². The largest absolute Gasteiger partial charge is 0.496 e. The summed E-state index contributed by atoms with van der Waals surface area (Å²) >= 11 is 0. The normalized spacial score (nSPS) is 15.5. The number of hydrogen-bond acceptors (Lipinski definition) is 6. The predicted octanol–water partition coefficient (Wildman–Crippen LogP) is 5.23. The molecule has 0 aliphatic carbocycles. The summed E-state index contributed by atoms with van der Waals surface area (Å²) < 4.78 is 29.4. The number of benzene rings is 2. The molecule has 0 spiro atoms. The molecule has 1 heterocycles. The van der Waals surface area contributed by atoms with Crippen LogP contribution in [0.15, 0.2) is 42.5 Å². The average molecular weight is 516 g/mol. The molecule has 0 saturated carbocycles. The molecule has 2 N–H and O–H groups in total. The Morgan fingerprint density at radius 1 is 1.08 bits per heavy atom. The summed E-state index contributed by atoms with van der Waals surface area (Å²) in [6.45, 7) is 10.6. The summed E-state index contributed by atoms with van der Waals surface area (Å²) in [6.07, 6.45) is 1.92.